The number of rotatable bonds is 12. The summed E-state index contributed by atoms with van der Waals surface area (Å²) < 4.78 is 0. The van der Waals surface area contributed by atoms with Gasteiger partial charge in [0.2, 0.25) is 11.8 Å². The molecular weight excluding hydrogens is 523 g/mol. The van der Waals surface area contributed by atoms with Gasteiger partial charge in [0.1, 0.15) is 6.04 Å². The maximum Gasteiger partial charge on any atom is 0.243 e. The van der Waals surface area contributed by atoms with Crippen molar-refractivity contribution in [2.24, 2.45) is 0 Å². The van der Waals surface area contributed by atoms with E-state index in [0.29, 0.717) is 28.8 Å². The lowest BCUT2D eigenvalue weighted by molar-refractivity contribution is -0.139. The molecule has 0 saturated carbocycles. The molecule has 0 fully saturated rings. The van der Waals surface area contributed by atoms with Gasteiger partial charge in [-0.25, -0.2) is 0 Å². The monoisotopic (exact) mass is 556 g/mol. The average Bonchev–Trinajstić information content (AvgIpc) is 2.89. The van der Waals surface area contributed by atoms with Crippen molar-refractivity contribution >= 4 is 46.8 Å². The minimum absolute atomic E-state index is 0.0128. The van der Waals surface area contributed by atoms with Gasteiger partial charge in [0, 0.05) is 34.8 Å². The third kappa shape index (κ3) is 8.80. The fourth-order valence-corrected chi connectivity index (χ4v) is 5.53. The molecular formula is C30H34Cl2N2O2S. The molecule has 3 aromatic carbocycles. The summed E-state index contributed by atoms with van der Waals surface area (Å²) in [5, 5.41) is 4.27. The molecule has 0 aliphatic rings. The second-order valence-electron chi connectivity index (χ2n) is 9.22. The van der Waals surface area contributed by atoms with E-state index < -0.39 is 6.04 Å². The van der Waals surface area contributed by atoms with Gasteiger partial charge in [-0.15, -0.1) is 11.8 Å². The Morgan fingerprint density at radius 1 is 0.919 bits per heavy atom. The molecule has 0 aromatic heterocycles. The molecule has 0 radical (unpaired) electrons. The van der Waals surface area contributed by atoms with Crippen LogP contribution in [-0.4, -0.2) is 34.6 Å². The number of amides is 2. The lowest BCUT2D eigenvalue weighted by atomic mass is 10.0. The van der Waals surface area contributed by atoms with Crippen LogP contribution in [0.25, 0.3) is 0 Å². The number of nitrogens with zero attached hydrogens (tertiary/aromatic N) is 1. The molecule has 196 valence electrons. The number of benzene rings is 3. The number of nitrogens with one attached hydrogen (secondary N) is 1. The van der Waals surface area contributed by atoms with Crippen LogP contribution in [0.2, 0.25) is 10.0 Å². The minimum Gasteiger partial charge on any atom is -0.352 e. The van der Waals surface area contributed by atoms with Crippen LogP contribution in [0, 0.1) is 6.92 Å². The zero-order chi connectivity index (χ0) is 26.8. The van der Waals surface area contributed by atoms with Gasteiger partial charge in [0.25, 0.3) is 0 Å². The van der Waals surface area contributed by atoms with E-state index in [1.54, 1.807) is 23.1 Å². The Hall–Kier alpha value is -2.47. The molecule has 0 saturated heterocycles. The molecule has 0 aliphatic carbocycles. The Bertz CT molecular complexity index is 1150. The molecule has 1 N–H and O–H groups in total. The highest BCUT2D eigenvalue weighted by Gasteiger charge is 2.31. The summed E-state index contributed by atoms with van der Waals surface area (Å²) in [6.07, 6.45) is 1.24. The molecule has 2 atom stereocenters. The molecule has 7 heteroatoms. The first-order valence-corrected chi connectivity index (χ1v) is 14.4. The highest BCUT2D eigenvalue weighted by Crippen LogP contribution is 2.28. The van der Waals surface area contributed by atoms with Crippen molar-refractivity contribution in [3.8, 4) is 0 Å². The van der Waals surface area contributed by atoms with Crippen molar-refractivity contribution in [3.05, 3.63) is 105 Å². The maximum absolute atomic E-state index is 13.7. The molecule has 0 spiro atoms. The van der Waals surface area contributed by atoms with E-state index in [9.17, 15) is 9.59 Å². The first-order chi connectivity index (χ1) is 17.8. The van der Waals surface area contributed by atoms with Crippen LogP contribution in [-0.2, 0) is 28.3 Å². The summed E-state index contributed by atoms with van der Waals surface area (Å²) in [7, 11) is 0. The molecule has 0 aliphatic heterocycles. The number of aryl methyl sites for hydroxylation is 1. The smallest absolute Gasteiger partial charge is 0.243 e. The number of carbonyl (C=O) groups is 2. The van der Waals surface area contributed by atoms with E-state index in [2.05, 4.69) is 5.32 Å². The van der Waals surface area contributed by atoms with Gasteiger partial charge < -0.3 is 10.2 Å². The molecule has 3 aromatic rings. The Kier molecular flexibility index (Phi) is 11.4. The zero-order valence-electron chi connectivity index (χ0n) is 21.5. The summed E-state index contributed by atoms with van der Waals surface area (Å²) >= 11 is 14.1. The minimum atomic E-state index is -0.644. The van der Waals surface area contributed by atoms with Crippen molar-refractivity contribution in [2.75, 3.05) is 5.75 Å². The van der Waals surface area contributed by atoms with Crippen LogP contribution < -0.4 is 5.32 Å². The van der Waals surface area contributed by atoms with Crippen LogP contribution in [0.1, 0.15) is 42.5 Å². The average molecular weight is 558 g/mol. The summed E-state index contributed by atoms with van der Waals surface area (Å²) in [6.45, 7) is 6.38. The normalized spacial score (nSPS) is 12.6. The lowest BCUT2D eigenvalue weighted by Gasteiger charge is -2.32. The van der Waals surface area contributed by atoms with Crippen LogP contribution >= 0.6 is 35.0 Å². The van der Waals surface area contributed by atoms with Crippen LogP contribution in [0.4, 0.5) is 0 Å². The Labute approximate surface area is 234 Å². The second kappa shape index (κ2) is 14.5. The third-order valence-electron chi connectivity index (χ3n) is 6.28. The highest BCUT2D eigenvalue weighted by molar-refractivity contribution is 7.99. The van der Waals surface area contributed by atoms with Crippen molar-refractivity contribution < 1.29 is 9.59 Å². The van der Waals surface area contributed by atoms with Crippen molar-refractivity contribution in [2.45, 2.75) is 58.0 Å². The molecule has 4 nitrogen and oxygen atoms in total. The number of halogens is 2. The van der Waals surface area contributed by atoms with Gasteiger partial charge in [0.15, 0.2) is 0 Å². The van der Waals surface area contributed by atoms with Crippen LogP contribution in [0.3, 0.4) is 0 Å². The predicted octanol–water partition coefficient (Wildman–Crippen LogP) is 7.09. The fraction of sp³-hybridized carbons (Fsp3) is 0.333. The fourth-order valence-electron chi connectivity index (χ4n) is 3.88. The second-order valence-corrected chi connectivity index (χ2v) is 11.0. The molecule has 3 rings (SSSR count). The quantitative estimate of drug-likeness (QED) is 0.259. The number of thioether (sulfide) groups is 1. The molecule has 0 unspecified atom stereocenters. The first-order valence-electron chi connectivity index (χ1n) is 12.5. The number of carbonyl (C=O) groups excluding carboxylic acids is 2. The third-order valence-corrected chi connectivity index (χ3v) is 7.93. The predicted molar refractivity (Wildman–Crippen MR) is 156 cm³/mol. The Morgan fingerprint density at radius 3 is 2.19 bits per heavy atom. The molecule has 2 amide bonds. The summed E-state index contributed by atoms with van der Waals surface area (Å²) in [6, 6.07) is 22.7. The van der Waals surface area contributed by atoms with Gasteiger partial charge in [-0.05, 0) is 49.1 Å². The van der Waals surface area contributed by atoms with Crippen molar-refractivity contribution in [3.63, 3.8) is 0 Å². The van der Waals surface area contributed by atoms with Gasteiger partial charge in [-0.1, -0.05) is 96.4 Å². The first kappa shape index (κ1) is 29.1. The molecule has 0 bridgehead atoms. The van der Waals surface area contributed by atoms with E-state index in [1.807, 2.05) is 75.4 Å². The Morgan fingerprint density at radius 2 is 1.57 bits per heavy atom. The van der Waals surface area contributed by atoms with Crippen LogP contribution in [0.5, 0.6) is 0 Å². The highest BCUT2D eigenvalue weighted by atomic mass is 35.5. The number of hydrogen-bond donors (Lipinski definition) is 1. The summed E-state index contributed by atoms with van der Waals surface area (Å²) in [4.78, 5) is 29.0. The van der Waals surface area contributed by atoms with Gasteiger partial charge in [-0.3, -0.25) is 9.59 Å². The topological polar surface area (TPSA) is 49.4 Å². The van der Waals surface area contributed by atoms with Crippen LogP contribution in [0.15, 0.2) is 72.8 Å². The standard InChI is InChI=1S/C30H34Cl2N2O2S/c1-4-22(3)33-30(36)28(17-23-9-6-5-7-10-23)34(18-24-15-13-21(2)14-16-24)29(35)20-37-19-25-26(31)11-8-12-27(25)32/h5-16,22,28H,4,17-20H2,1-3H3,(H,33,36)/t22-,28+/m1/s1. The summed E-state index contributed by atoms with van der Waals surface area (Å²) in [5.74, 6) is 0.465. The van der Waals surface area contributed by atoms with E-state index >= 15 is 0 Å². The molecule has 37 heavy (non-hydrogen) atoms. The van der Waals surface area contributed by atoms with Gasteiger partial charge >= 0.3 is 0 Å². The van der Waals surface area contributed by atoms with Gasteiger partial charge in [0.05, 0.1) is 5.75 Å². The zero-order valence-corrected chi connectivity index (χ0v) is 23.9. The SMILES string of the molecule is CC[C@@H](C)NC(=O)[C@H](Cc1ccccc1)N(Cc1ccc(C)cc1)C(=O)CSCc1c(Cl)cccc1Cl. The van der Waals surface area contributed by atoms with Crippen molar-refractivity contribution in [1.29, 1.82) is 0 Å². The number of hydrogen-bond acceptors (Lipinski definition) is 3. The van der Waals surface area contributed by atoms with Gasteiger partial charge in [-0.2, -0.15) is 0 Å². The lowest BCUT2D eigenvalue weighted by Crippen LogP contribution is -2.52. The summed E-state index contributed by atoms with van der Waals surface area (Å²) in [5.41, 5.74) is 3.93. The largest absolute Gasteiger partial charge is 0.352 e. The van der Waals surface area contributed by atoms with E-state index in [1.165, 1.54) is 11.8 Å². The van der Waals surface area contributed by atoms with E-state index in [-0.39, 0.29) is 23.6 Å². The van der Waals surface area contributed by atoms with E-state index in [0.717, 1.165) is 28.7 Å². The van der Waals surface area contributed by atoms with E-state index in [4.69, 9.17) is 23.2 Å². The molecule has 0 heterocycles. The maximum atomic E-state index is 13.7. The Balaban J connectivity index is 1.87. The van der Waals surface area contributed by atoms with Crippen molar-refractivity contribution in [1.82, 2.24) is 10.2 Å².